The Morgan fingerprint density at radius 3 is 2.72 bits per heavy atom. The molecule has 0 aliphatic heterocycles. The molecule has 18 heavy (non-hydrogen) atoms. The van der Waals surface area contributed by atoms with Crippen molar-refractivity contribution in [2.24, 2.45) is 5.41 Å². The Labute approximate surface area is 111 Å². The number of aromatic nitrogens is 1. The number of hydrogen-bond donors (Lipinski definition) is 1. The molecule has 0 fully saturated rings. The highest BCUT2D eigenvalue weighted by molar-refractivity contribution is 5.37. The van der Waals surface area contributed by atoms with E-state index in [1.165, 1.54) is 25.7 Å². The van der Waals surface area contributed by atoms with E-state index in [9.17, 15) is 0 Å². The zero-order chi connectivity index (χ0) is 13.4. The predicted octanol–water partition coefficient (Wildman–Crippen LogP) is 4.11. The van der Waals surface area contributed by atoms with Crippen LogP contribution in [0.25, 0.3) is 0 Å². The molecule has 0 bridgehead atoms. The SMILES string of the molecule is CCCCCC(C)(C)CNc1cccc(OC)n1. The molecule has 1 aromatic rings. The van der Waals surface area contributed by atoms with E-state index in [4.69, 9.17) is 4.74 Å². The van der Waals surface area contributed by atoms with Crippen LogP contribution >= 0.6 is 0 Å². The van der Waals surface area contributed by atoms with E-state index in [0.717, 1.165) is 12.4 Å². The lowest BCUT2D eigenvalue weighted by atomic mass is 9.87. The summed E-state index contributed by atoms with van der Waals surface area (Å²) < 4.78 is 5.12. The van der Waals surface area contributed by atoms with Gasteiger partial charge in [0.05, 0.1) is 7.11 Å². The summed E-state index contributed by atoms with van der Waals surface area (Å²) in [4.78, 5) is 4.36. The Kier molecular flexibility index (Phi) is 5.96. The van der Waals surface area contributed by atoms with Crippen molar-refractivity contribution in [1.82, 2.24) is 4.98 Å². The third-order valence-corrected chi connectivity index (χ3v) is 3.14. The lowest BCUT2D eigenvalue weighted by Gasteiger charge is -2.25. The number of pyridine rings is 1. The number of unbranched alkanes of at least 4 members (excludes halogenated alkanes) is 2. The summed E-state index contributed by atoms with van der Waals surface area (Å²) in [5, 5.41) is 3.40. The summed E-state index contributed by atoms with van der Waals surface area (Å²) in [7, 11) is 1.64. The summed E-state index contributed by atoms with van der Waals surface area (Å²) in [6, 6.07) is 5.79. The van der Waals surface area contributed by atoms with Crippen LogP contribution in [0.5, 0.6) is 5.88 Å². The maximum Gasteiger partial charge on any atom is 0.214 e. The van der Waals surface area contributed by atoms with Crippen LogP contribution in [0, 0.1) is 5.41 Å². The smallest absolute Gasteiger partial charge is 0.214 e. The van der Waals surface area contributed by atoms with Gasteiger partial charge in [0, 0.05) is 12.6 Å². The molecule has 0 amide bonds. The van der Waals surface area contributed by atoms with Crippen molar-refractivity contribution in [2.45, 2.75) is 46.5 Å². The molecule has 102 valence electrons. The highest BCUT2D eigenvalue weighted by Crippen LogP contribution is 2.24. The van der Waals surface area contributed by atoms with Crippen molar-refractivity contribution < 1.29 is 4.74 Å². The molecule has 3 nitrogen and oxygen atoms in total. The van der Waals surface area contributed by atoms with Gasteiger partial charge in [0.1, 0.15) is 5.82 Å². The molecule has 1 N–H and O–H groups in total. The Morgan fingerprint density at radius 2 is 2.06 bits per heavy atom. The van der Waals surface area contributed by atoms with Gasteiger partial charge >= 0.3 is 0 Å². The third-order valence-electron chi connectivity index (χ3n) is 3.14. The molecule has 1 aromatic heterocycles. The quantitative estimate of drug-likeness (QED) is 0.705. The van der Waals surface area contributed by atoms with Gasteiger partial charge in [0.25, 0.3) is 0 Å². The largest absolute Gasteiger partial charge is 0.481 e. The van der Waals surface area contributed by atoms with Crippen molar-refractivity contribution in [3.63, 3.8) is 0 Å². The van der Waals surface area contributed by atoms with Gasteiger partial charge in [-0.3, -0.25) is 0 Å². The fraction of sp³-hybridized carbons (Fsp3) is 0.667. The molecule has 0 aliphatic carbocycles. The molecule has 1 rings (SSSR count). The van der Waals surface area contributed by atoms with E-state index in [-0.39, 0.29) is 0 Å². The van der Waals surface area contributed by atoms with E-state index in [2.05, 4.69) is 31.1 Å². The second-order valence-electron chi connectivity index (χ2n) is 5.54. The van der Waals surface area contributed by atoms with Gasteiger partial charge in [0.15, 0.2) is 0 Å². The predicted molar refractivity (Wildman–Crippen MR) is 77.2 cm³/mol. The number of anilines is 1. The summed E-state index contributed by atoms with van der Waals surface area (Å²) in [6.45, 7) is 7.79. The highest BCUT2D eigenvalue weighted by Gasteiger charge is 2.17. The third kappa shape index (κ3) is 5.39. The van der Waals surface area contributed by atoms with Crippen LogP contribution in [0.2, 0.25) is 0 Å². The summed E-state index contributed by atoms with van der Waals surface area (Å²) in [5.41, 5.74) is 0.305. The van der Waals surface area contributed by atoms with Crippen LogP contribution in [0.3, 0.4) is 0 Å². The Balaban J connectivity index is 2.42. The molecular formula is C15H26N2O. The minimum absolute atomic E-state index is 0.305. The summed E-state index contributed by atoms with van der Waals surface area (Å²) >= 11 is 0. The lowest BCUT2D eigenvalue weighted by molar-refractivity contribution is 0.342. The first-order valence-corrected chi connectivity index (χ1v) is 6.82. The molecule has 3 heteroatoms. The topological polar surface area (TPSA) is 34.1 Å². The van der Waals surface area contributed by atoms with Gasteiger partial charge in [-0.2, -0.15) is 4.98 Å². The van der Waals surface area contributed by atoms with Crippen molar-refractivity contribution in [2.75, 3.05) is 19.0 Å². The first-order chi connectivity index (χ1) is 8.57. The van der Waals surface area contributed by atoms with Crippen molar-refractivity contribution in [3.8, 4) is 5.88 Å². The number of methoxy groups -OCH3 is 1. The average Bonchev–Trinajstić information content (AvgIpc) is 2.37. The maximum atomic E-state index is 5.12. The Bertz CT molecular complexity index is 350. The van der Waals surface area contributed by atoms with E-state index < -0.39 is 0 Å². The molecule has 0 aliphatic rings. The maximum absolute atomic E-state index is 5.12. The van der Waals surface area contributed by atoms with E-state index in [1.54, 1.807) is 7.11 Å². The molecule has 1 heterocycles. The summed E-state index contributed by atoms with van der Waals surface area (Å²) in [5.74, 6) is 1.54. The highest BCUT2D eigenvalue weighted by atomic mass is 16.5. The van der Waals surface area contributed by atoms with Gasteiger partial charge < -0.3 is 10.1 Å². The van der Waals surface area contributed by atoms with Crippen LogP contribution in [-0.4, -0.2) is 18.6 Å². The fourth-order valence-corrected chi connectivity index (χ4v) is 1.90. The number of ether oxygens (including phenoxy) is 1. The molecule has 0 radical (unpaired) electrons. The molecule has 0 unspecified atom stereocenters. The zero-order valence-corrected chi connectivity index (χ0v) is 12.1. The van der Waals surface area contributed by atoms with Gasteiger partial charge in [0.2, 0.25) is 5.88 Å². The van der Waals surface area contributed by atoms with Gasteiger partial charge in [-0.25, -0.2) is 0 Å². The van der Waals surface area contributed by atoms with Crippen molar-refractivity contribution >= 4 is 5.82 Å². The normalized spacial score (nSPS) is 11.3. The molecule has 0 atom stereocenters. The molecular weight excluding hydrogens is 224 g/mol. The number of nitrogens with zero attached hydrogens (tertiary/aromatic N) is 1. The van der Waals surface area contributed by atoms with Crippen LogP contribution in [-0.2, 0) is 0 Å². The number of hydrogen-bond acceptors (Lipinski definition) is 3. The van der Waals surface area contributed by atoms with E-state index >= 15 is 0 Å². The molecule has 0 saturated heterocycles. The minimum Gasteiger partial charge on any atom is -0.481 e. The van der Waals surface area contributed by atoms with E-state index in [1.807, 2.05) is 18.2 Å². The second-order valence-corrected chi connectivity index (χ2v) is 5.54. The first kappa shape index (κ1) is 14.8. The minimum atomic E-state index is 0.305. The number of rotatable bonds is 8. The first-order valence-electron chi connectivity index (χ1n) is 6.82. The Morgan fingerprint density at radius 1 is 1.28 bits per heavy atom. The van der Waals surface area contributed by atoms with Gasteiger partial charge in [-0.1, -0.05) is 46.1 Å². The second kappa shape index (κ2) is 7.24. The van der Waals surface area contributed by atoms with Crippen molar-refractivity contribution in [3.05, 3.63) is 18.2 Å². The van der Waals surface area contributed by atoms with Crippen LogP contribution in [0.15, 0.2) is 18.2 Å². The Hall–Kier alpha value is -1.25. The van der Waals surface area contributed by atoms with Crippen LogP contribution in [0.1, 0.15) is 46.5 Å². The molecule has 0 spiro atoms. The van der Waals surface area contributed by atoms with Crippen LogP contribution in [0.4, 0.5) is 5.82 Å². The van der Waals surface area contributed by atoms with Crippen LogP contribution < -0.4 is 10.1 Å². The monoisotopic (exact) mass is 250 g/mol. The summed E-state index contributed by atoms with van der Waals surface area (Å²) in [6.07, 6.45) is 5.15. The zero-order valence-electron chi connectivity index (χ0n) is 12.1. The lowest BCUT2D eigenvalue weighted by Crippen LogP contribution is -2.23. The van der Waals surface area contributed by atoms with Crippen molar-refractivity contribution in [1.29, 1.82) is 0 Å². The van der Waals surface area contributed by atoms with Gasteiger partial charge in [-0.05, 0) is 17.9 Å². The number of nitrogens with one attached hydrogen (secondary N) is 1. The fourth-order valence-electron chi connectivity index (χ4n) is 1.90. The average molecular weight is 250 g/mol. The molecule has 0 aromatic carbocycles. The standard InChI is InChI=1S/C15H26N2O/c1-5-6-7-11-15(2,3)12-16-13-9-8-10-14(17-13)18-4/h8-10H,5-7,11-12H2,1-4H3,(H,16,17). The van der Waals surface area contributed by atoms with Gasteiger partial charge in [-0.15, -0.1) is 0 Å². The van der Waals surface area contributed by atoms with E-state index in [0.29, 0.717) is 11.3 Å². The molecule has 0 saturated carbocycles.